The summed E-state index contributed by atoms with van der Waals surface area (Å²) in [4.78, 5) is 32.7. The number of nitrogens with zero attached hydrogens (tertiary/aromatic N) is 2. The largest absolute Gasteiger partial charge is 0.491 e. The summed E-state index contributed by atoms with van der Waals surface area (Å²) >= 11 is 7.98. The Labute approximate surface area is 286 Å². The first-order valence-electron chi connectivity index (χ1n) is 15.6. The third-order valence-electron chi connectivity index (χ3n) is 7.54. The number of aromatic nitrogens is 1. The lowest BCUT2D eigenvalue weighted by molar-refractivity contribution is -0.139. The third kappa shape index (κ3) is 6.65. The Hall–Kier alpha value is -4.74. The van der Waals surface area contributed by atoms with Crippen LogP contribution >= 0.6 is 22.9 Å². The molecular weight excluding hydrogens is 656 g/mol. The van der Waals surface area contributed by atoms with Gasteiger partial charge in [0.2, 0.25) is 6.79 Å². The predicted octanol–water partition coefficient (Wildman–Crippen LogP) is 5.95. The molecule has 4 aromatic rings. The predicted molar refractivity (Wildman–Crippen MR) is 182 cm³/mol. The van der Waals surface area contributed by atoms with Crippen molar-refractivity contribution in [2.45, 2.75) is 53.4 Å². The van der Waals surface area contributed by atoms with E-state index >= 15 is 0 Å². The molecule has 12 heteroatoms. The Morgan fingerprint density at radius 2 is 1.85 bits per heavy atom. The van der Waals surface area contributed by atoms with Crippen LogP contribution in [0.4, 0.5) is 0 Å². The van der Waals surface area contributed by atoms with Gasteiger partial charge in [0.05, 0.1) is 40.1 Å². The SMILES string of the molecule is CCOC(=O)C1=C(C)N=c2s/c(=C/c3cc(Cl)c(OCc4ccc5c(c4)OCO5)c(OCC)c3)c(=O)n2[C@@H]1c1ccccc1OC(C)C. The second-order valence-corrected chi connectivity index (χ2v) is 12.7. The van der Waals surface area contributed by atoms with Crippen molar-refractivity contribution in [2.24, 2.45) is 4.99 Å². The zero-order valence-electron chi connectivity index (χ0n) is 27.2. The summed E-state index contributed by atoms with van der Waals surface area (Å²) in [6.07, 6.45) is 1.60. The lowest BCUT2D eigenvalue weighted by Crippen LogP contribution is -2.40. The molecule has 0 saturated carbocycles. The van der Waals surface area contributed by atoms with Gasteiger partial charge in [0.1, 0.15) is 18.4 Å². The number of allylic oxidation sites excluding steroid dienone is 1. The number of hydrogen-bond donors (Lipinski definition) is 0. The van der Waals surface area contributed by atoms with E-state index in [1.54, 1.807) is 32.1 Å². The van der Waals surface area contributed by atoms with Gasteiger partial charge in [-0.2, -0.15) is 0 Å². The van der Waals surface area contributed by atoms with Crippen LogP contribution in [0.2, 0.25) is 5.02 Å². The smallest absolute Gasteiger partial charge is 0.338 e. The molecule has 6 rings (SSSR count). The molecule has 2 aliphatic rings. The average Bonchev–Trinajstić information content (AvgIpc) is 3.63. The van der Waals surface area contributed by atoms with Gasteiger partial charge >= 0.3 is 5.97 Å². The standard InChI is InChI=1S/C36H35ClN2O8S/c1-6-42-29-16-23(14-25(37)33(29)44-18-22-12-13-27-28(15-22)46-19-45-27)17-30-34(40)39-32(24-10-8-9-11-26(24)47-20(3)4)31(35(41)43-7-2)21(5)38-36(39)48-30/h8-17,20,32H,6-7,18-19H2,1-5H3/b30-17+/t32-/m1/s1. The molecule has 250 valence electrons. The second kappa shape index (κ2) is 14.2. The van der Waals surface area contributed by atoms with Crippen molar-refractivity contribution in [1.29, 1.82) is 0 Å². The summed E-state index contributed by atoms with van der Waals surface area (Å²) in [6.45, 7) is 10.2. The quantitative estimate of drug-likeness (QED) is 0.178. The monoisotopic (exact) mass is 690 g/mol. The molecule has 1 atom stereocenters. The first-order chi connectivity index (χ1) is 23.2. The molecule has 0 N–H and O–H groups in total. The van der Waals surface area contributed by atoms with Crippen molar-refractivity contribution in [2.75, 3.05) is 20.0 Å². The number of hydrogen-bond acceptors (Lipinski definition) is 10. The Morgan fingerprint density at radius 1 is 1.06 bits per heavy atom. The summed E-state index contributed by atoms with van der Waals surface area (Å²) in [5.41, 5.74) is 2.58. The molecule has 3 heterocycles. The van der Waals surface area contributed by atoms with Gasteiger partial charge in [-0.15, -0.1) is 0 Å². The van der Waals surface area contributed by atoms with Crippen molar-refractivity contribution in [1.82, 2.24) is 4.57 Å². The highest BCUT2D eigenvalue weighted by molar-refractivity contribution is 7.07. The maximum atomic E-state index is 14.2. The molecule has 1 aromatic heterocycles. The highest BCUT2D eigenvalue weighted by Gasteiger charge is 2.35. The topological polar surface area (TPSA) is 107 Å². The highest BCUT2D eigenvalue weighted by Crippen LogP contribution is 2.39. The van der Waals surface area contributed by atoms with Gasteiger partial charge in [-0.1, -0.05) is 47.2 Å². The number of carbonyl (C=O) groups excluding carboxylic acids is 1. The van der Waals surface area contributed by atoms with E-state index in [1.807, 2.05) is 63.2 Å². The molecule has 0 aliphatic carbocycles. The first kappa shape index (κ1) is 33.2. The molecule has 0 amide bonds. The molecule has 0 radical (unpaired) electrons. The molecule has 0 spiro atoms. The molecular formula is C36H35ClN2O8S. The Bertz CT molecular complexity index is 2080. The van der Waals surface area contributed by atoms with E-state index in [-0.39, 0.29) is 37.2 Å². The molecule has 10 nitrogen and oxygen atoms in total. The fourth-order valence-corrected chi connectivity index (χ4v) is 6.89. The Morgan fingerprint density at radius 3 is 2.62 bits per heavy atom. The van der Waals surface area contributed by atoms with E-state index in [9.17, 15) is 9.59 Å². The van der Waals surface area contributed by atoms with Crippen LogP contribution in [-0.2, 0) is 16.1 Å². The van der Waals surface area contributed by atoms with Gasteiger partial charge in [-0.25, -0.2) is 9.79 Å². The third-order valence-corrected chi connectivity index (χ3v) is 8.81. The molecule has 0 unspecified atom stereocenters. The maximum Gasteiger partial charge on any atom is 0.338 e. The van der Waals surface area contributed by atoms with Crippen LogP contribution in [0.25, 0.3) is 6.08 Å². The van der Waals surface area contributed by atoms with Gasteiger partial charge in [0.25, 0.3) is 5.56 Å². The van der Waals surface area contributed by atoms with Crippen molar-refractivity contribution >= 4 is 35.0 Å². The van der Waals surface area contributed by atoms with Crippen LogP contribution in [0.1, 0.15) is 57.4 Å². The number of esters is 1. The number of benzene rings is 3. The number of fused-ring (bicyclic) bond motifs is 2. The van der Waals surface area contributed by atoms with Gasteiger partial charge in [-0.05, 0) is 82.2 Å². The fraction of sp³-hybridized carbons (Fsp3) is 0.306. The summed E-state index contributed by atoms with van der Waals surface area (Å²) in [6, 6.07) is 15.7. The Balaban J connectivity index is 1.41. The summed E-state index contributed by atoms with van der Waals surface area (Å²) in [5, 5.41) is 0.318. The van der Waals surface area contributed by atoms with Crippen LogP contribution in [0.5, 0.6) is 28.7 Å². The van der Waals surface area contributed by atoms with E-state index in [4.69, 9.17) is 40.0 Å². The molecule has 0 saturated heterocycles. The minimum absolute atomic E-state index is 0.133. The zero-order chi connectivity index (χ0) is 33.9. The van der Waals surface area contributed by atoms with Crippen molar-refractivity contribution < 1.29 is 33.2 Å². The minimum Gasteiger partial charge on any atom is -0.491 e. The van der Waals surface area contributed by atoms with E-state index in [2.05, 4.69) is 4.99 Å². The minimum atomic E-state index is -0.813. The highest BCUT2D eigenvalue weighted by atomic mass is 35.5. The average molecular weight is 691 g/mol. The number of rotatable bonds is 11. The Kier molecular flexibility index (Phi) is 9.79. The van der Waals surface area contributed by atoms with Crippen LogP contribution in [0, 0.1) is 0 Å². The van der Waals surface area contributed by atoms with Gasteiger partial charge in [0, 0.05) is 5.56 Å². The zero-order valence-corrected chi connectivity index (χ0v) is 28.8. The molecule has 0 fully saturated rings. The maximum absolute atomic E-state index is 14.2. The molecule has 3 aromatic carbocycles. The van der Waals surface area contributed by atoms with E-state index in [0.29, 0.717) is 66.5 Å². The van der Waals surface area contributed by atoms with Crippen LogP contribution < -0.4 is 38.6 Å². The number of para-hydroxylation sites is 1. The number of thiazole rings is 1. The van der Waals surface area contributed by atoms with Gasteiger partial charge in [-0.3, -0.25) is 9.36 Å². The number of halogens is 1. The molecule has 2 aliphatic heterocycles. The summed E-state index contributed by atoms with van der Waals surface area (Å²) in [5.74, 6) is 2.18. The second-order valence-electron chi connectivity index (χ2n) is 11.2. The summed E-state index contributed by atoms with van der Waals surface area (Å²) in [7, 11) is 0. The molecule has 0 bridgehead atoms. The number of carbonyl (C=O) groups is 1. The van der Waals surface area contributed by atoms with Crippen molar-refractivity contribution in [3.8, 4) is 28.7 Å². The van der Waals surface area contributed by atoms with E-state index < -0.39 is 12.0 Å². The lowest BCUT2D eigenvalue weighted by Gasteiger charge is -2.26. The fourth-order valence-electron chi connectivity index (χ4n) is 5.57. The van der Waals surface area contributed by atoms with Crippen molar-refractivity contribution in [3.63, 3.8) is 0 Å². The van der Waals surface area contributed by atoms with Crippen LogP contribution in [0.15, 0.2) is 75.7 Å². The first-order valence-corrected chi connectivity index (χ1v) is 16.8. The summed E-state index contributed by atoms with van der Waals surface area (Å²) < 4.78 is 36.4. The van der Waals surface area contributed by atoms with Crippen LogP contribution in [-0.4, -0.2) is 36.6 Å². The number of ether oxygens (including phenoxy) is 6. The normalized spacial score (nSPS) is 15.3. The van der Waals surface area contributed by atoms with E-state index in [1.165, 1.54) is 15.9 Å². The van der Waals surface area contributed by atoms with Crippen LogP contribution in [0.3, 0.4) is 0 Å². The van der Waals surface area contributed by atoms with E-state index in [0.717, 1.165) is 5.56 Å². The van der Waals surface area contributed by atoms with Gasteiger partial charge < -0.3 is 28.4 Å². The molecule has 48 heavy (non-hydrogen) atoms. The van der Waals surface area contributed by atoms with Gasteiger partial charge in [0.15, 0.2) is 27.8 Å². The lowest BCUT2D eigenvalue weighted by atomic mass is 9.95. The van der Waals surface area contributed by atoms with Crippen molar-refractivity contribution in [3.05, 3.63) is 107 Å².